The number of hydrogen-bond donors (Lipinski definition) is 1. The summed E-state index contributed by atoms with van der Waals surface area (Å²) in [5, 5.41) is 4.95. The van der Waals surface area contributed by atoms with Crippen molar-refractivity contribution in [1.82, 2.24) is 14.9 Å². The number of halogens is 1. The van der Waals surface area contributed by atoms with E-state index in [-0.39, 0.29) is 12.1 Å². The summed E-state index contributed by atoms with van der Waals surface area (Å²) in [7, 11) is 1.69. The van der Waals surface area contributed by atoms with E-state index in [1.807, 2.05) is 42.6 Å². The molecule has 0 aliphatic carbocycles. The summed E-state index contributed by atoms with van der Waals surface area (Å²) in [6.45, 7) is 4.38. The van der Waals surface area contributed by atoms with Crippen LogP contribution in [0.4, 0.5) is 11.4 Å². The molecule has 2 saturated heterocycles. The molecule has 0 spiro atoms. The Morgan fingerprint density at radius 3 is 2.56 bits per heavy atom. The molecule has 2 aliphatic heterocycles. The minimum absolute atomic E-state index is 0.153. The van der Waals surface area contributed by atoms with Gasteiger partial charge in [-0.15, -0.1) is 0 Å². The molecule has 0 bridgehead atoms. The van der Waals surface area contributed by atoms with Crippen LogP contribution in [-0.2, 0) is 0 Å². The lowest BCUT2D eigenvalue weighted by Crippen LogP contribution is -2.33. The van der Waals surface area contributed by atoms with E-state index >= 15 is 0 Å². The third-order valence-corrected chi connectivity index (χ3v) is 8.46. The molecule has 2 fully saturated rings. The summed E-state index contributed by atoms with van der Waals surface area (Å²) >= 11 is 12.9. The minimum atomic E-state index is -0.161. The zero-order valence-corrected chi connectivity index (χ0v) is 23.7. The molecule has 2 aromatic carbocycles. The van der Waals surface area contributed by atoms with Crippen molar-refractivity contribution in [3.05, 3.63) is 102 Å². The van der Waals surface area contributed by atoms with Gasteiger partial charge in [-0.2, -0.15) is 0 Å². The van der Waals surface area contributed by atoms with Gasteiger partial charge in [0, 0.05) is 48.6 Å². The molecular formula is C31H32ClN5OS. The van der Waals surface area contributed by atoms with Crippen molar-refractivity contribution >= 4 is 40.3 Å². The number of hydrogen-bond acceptors (Lipinski definition) is 4. The first-order valence-corrected chi connectivity index (χ1v) is 14.2. The first-order chi connectivity index (χ1) is 19.0. The fourth-order valence-electron chi connectivity index (χ4n) is 5.72. The summed E-state index contributed by atoms with van der Waals surface area (Å²) in [4.78, 5) is 9.27. The molecule has 39 heavy (non-hydrogen) atoms. The van der Waals surface area contributed by atoms with Crippen molar-refractivity contribution in [3.8, 4) is 11.4 Å². The van der Waals surface area contributed by atoms with Crippen LogP contribution in [0.15, 0.2) is 85.2 Å². The normalized spacial score (nSPS) is 19.8. The molecular weight excluding hydrogens is 526 g/mol. The van der Waals surface area contributed by atoms with Crippen molar-refractivity contribution in [1.29, 1.82) is 0 Å². The Morgan fingerprint density at radius 2 is 1.82 bits per heavy atom. The predicted octanol–water partition coefficient (Wildman–Crippen LogP) is 6.95. The summed E-state index contributed by atoms with van der Waals surface area (Å²) in [6.07, 6.45) is 6.28. The van der Waals surface area contributed by atoms with Crippen LogP contribution in [0.5, 0.6) is 5.75 Å². The van der Waals surface area contributed by atoms with Gasteiger partial charge in [0.05, 0.1) is 29.6 Å². The van der Waals surface area contributed by atoms with Crippen LogP contribution in [-0.4, -0.2) is 34.9 Å². The van der Waals surface area contributed by atoms with Crippen molar-refractivity contribution in [3.63, 3.8) is 0 Å². The van der Waals surface area contributed by atoms with Gasteiger partial charge in [-0.05, 0) is 85.6 Å². The highest BCUT2D eigenvalue weighted by atomic mass is 35.5. The van der Waals surface area contributed by atoms with Gasteiger partial charge in [0.2, 0.25) is 0 Å². The number of thiocarbonyl (C=S) groups is 1. The summed E-state index contributed by atoms with van der Waals surface area (Å²) in [5.74, 6) is 1.57. The standard InChI is InChI=1S/C31H32ClN5OS/c1-21-13-17-35(18-14-21)27-12-11-23(20-25(27)32)37-30(29(34-31(37)39)26-9-3-4-15-33-26)28-10-6-16-36(28)22-7-5-8-24(19-22)38-2/h3-12,15-16,19-21,29-30H,13-14,17-18H2,1-2H3,(H,34,39)/t29-,30+/m0/s1. The Hall–Kier alpha value is -3.55. The zero-order chi connectivity index (χ0) is 26.9. The number of anilines is 2. The van der Waals surface area contributed by atoms with Gasteiger partial charge in [-0.1, -0.05) is 30.7 Å². The second kappa shape index (κ2) is 10.9. The van der Waals surface area contributed by atoms with E-state index in [9.17, 15) is 0 Å². The van der Waals surface area contributed by atoms with E-state index in [2.05, 4.69) is 69.2 Å². The van der Waals surface area contributed by atoms with Gasteiger partial charge in [0.1, 0.15) is 11.8 Å². The highest BCUT2D eigenvalue weighted by Gasteiger charge is 2.42. The van der Waals surface area contributed by atoms with E-state index in [1.54, 1.807) is 7.11 Å². The molecule has 0 amide bonds. The lowest BCUT2D eigenvalue weighted by molar-refractivity contribution is 0.414. The van der Waals surface area contributed by atoms with Crippen molar-refractivity contribution in [2.75, 3.05) is 30.0 Å². The van der Waals surface area contributed by atoms with Crippen LogP contribution in [0, 0.1) is 5.92 Å². The Labute approximate surface area is 240 Å². The van der Waals surface area contributed by atoms with Gasteiger partial charge in [-0.25, -0.2) is 0 Å². The van der Waals surface area contributed by atoms with Crippen molar-refractivity contribution in [2.24, 2.45) is 5.92 Å². The van der Waals surface area contributed by atoms with Crippen LogP contribution < -0.4 is 19.9 Å². The largest absolute Gasteiger partial charge is 0.497 e. The van der Waals surface area contributed by atoms with E-state index < -0.39 is 0 Å². The number of piperidine rings is 1. The van der Waals surface area contributed by atoms with Crippen molar-refractivity contribution in [2.45, 2.75) is 31.8 Å². The smallest absolute Gasteiger partial charge is 0.174 e. The number of nitrogens with one attached hydrogen (secondary N) is 1. The Kier molecular flexibility index (Phi) is 7.19. The number of benzene rings is 2. The van der Waals surface area contributed by atoms with Crippen LogP contribution >= 0.6 is 23.8 Å². The maximum absolute atomic E-state index is 6.95. The minimum Gasteiger partial charge on any atom is -0.497 e. The first-order valence-electron chi connectivity index (χ1n) is 13.4. The van der Waals surface area contributed by atoms with E-state index in [0.29, 0.717) is 5.11 Å². The van der Waals surface area contributed by atoms with E-state index in [4.69, 9.17) is 33.5 Å². The molecule has 6 rings (SSSR count). The van der Waals surface area contributed by atoms with Gasteiger partial charge in [0.25, 0.3) is 0 Å². The molecule has 0 radical (unpaired) electrons. The molecule has 4 heterocycles. The molecule has 0 unspecified atom stereocenters. The Bertz CT molecular complexity index is 1470. The lowest BCUT2D eigenvalue weighted by Gasteiger charge is -2.33. The second-order valence-corrected chi connectivity index (χ2v) is 11.1. The van der Waals surface area contributed by atoms with Crippen LogP contribution in [0.1, 0.15) is 43.2 Å². The monoisotopic (exact) mass is 557 g/mol. The van der Waals surface area contributed by atoms with Crippen LogP contribution in [0.25, 0.3) is 5.69 Å². The average molecular weight is 558 g/mol. The van der Waals surface area contributed by atoms with Crippen LogP contribution in [0.3, 0.4) is 0 Å². The third kappa shape index (κ3) is 4.97. The number of nitrogens with zero attached hydrogens (tertiary/aromatic N) is 4. The van der Waals surface area contributed by atoms with Crippen molar-refractivity contribution < 1.29 is 4.74 Å². The SMILES string of the molecule is COc1cccc(-n2cccc2[C@@H]2[C@H](c3ccccn3)NC(=S)N2c2ccc(N3CCC(C)CC3)c(Cl)c2)c1. The van der Waals surface area contributed by atoms with Crippen LogP contribution in [0.2, 0.25) is 5.02 Å². The molecule has 4 aromatic rings. The predicted molar refractivity (Wildman–Crippen MR) is 162 cm³/mol. The fourth-order valence-corrected chi connectivity index (χ4v) is 6.36. The maximum Gasteiger partial charge on any atom is 0.174 e. The number of rotatable bonds is 6. The summed E-state index contributed by atoms with van der Waals surface area (Å²) < 4.78 is 7.70. The number of aromatic nitrogens is 2. The third-order valence-electron chi connectivity index (χ3n) is 7.85. The maximum atomic E-state index is 6.95. The summed E-state index contributed by atoms with van der Waals surface area (Å²) in [6, 6.07) is 24.3. The van der Waals surface area contributed by atoms with Gasteiger partial charge in [0.15, 0.2) is 5.11 Å². The number of methoxy groups -OCH3 is 1. The first kappa shape index (κ1) is 25.7. The van der Waals surface area contributed by atoms with Gasteiger partial charge in [-0.3, -0.25) is 4.98 Å². The molecule has 6 nitrogen and oxygen atoms in total. The highest BCUT2D eigenvalue weighted by Crippen LogP contribution is 2.44. The molecule has 0 saturated carbocycles. The lowest BCUT2D eigenvalue weighted by atomic mass is 9.98. The molecule has 2 aromatic heterocycles. The number of ether oxygens (including phenoxy) is 1. The highest BCUT2D eigenvalue weighted by molar-refractivity contribution is 7.80. The molecule has 2 aliphatic rings. The quantitative estimate of drug-likeness (QED) is 0.259. The molecule has 1 N–H and O–H groups in total. The molecule has 200 valence electrons. The zero-order valence-electron chi connectivity index (χ0n) is 22.1. The van der Waals surface area contributed by atoms with E-state index in [1.165, 1.54) is 12.8 Å². The second-order valence-electron chi connectivity index (χ2n) is 10.3. The average Bonchev–Trinajstić information content (AvgIpc) is 3.58. The Morgan fingerprint density at radius 1 is 0.974 bits per heavy atom. The molecule has 2 atom stereocenters. The van der Waals surface area contributed by atoms with Gasteiger partial charge >= 0.3 is 0 Å². The topological polar surface area (TPSA) is 45.6 Å². The molecule has 8 heteroatoms. The summed E-state index contributed by atoms with van der Waals surface area (Å²) in [5.41, 5.74) is 5.06. The fraction of sp³-hybridized carbons (Fsp3) is 0.290. The number of pyridine rings is 1. The Balaban J connectivity index is 1.42. The van der Waals surface area contributed by atoms with E-state index in [0.717, 1.165) is 58.2 Å². The van der Waals surface area contributed by atoms with Gasteiger partial charge < -0.3 is 24.4 Å².